The minimum atomic E-state index is -0.293. The molecule has 2 aliphatic rings. The van der Waals surface area contributed by atoms with Gasteiger partial charge in [-0.1, -0.05) is 30.3 Å². The lowest BCUT2D eigenvalue weighted by atomic mass is 10.1. The van der Waals surface area contributed by atoms with Gasteiger partial charge in [0.05, 0.1) is 17.6 Å². The monoisotopic (exact) mass is 388 g/mol. The van der Waals surface area contributed by atoms with Crippen LogP contribution >= 0.6 is 0 Å². The van der Waals surface area contributed by atoms with Crippen LogP contribution in [-0.4, -0.2) is 54.3 Å². The van der Waals surface area contributed by atoms with Crippen LogP contribution in [0.1, 0.15) is 17.5 Å². The van der Waals surface area contributed by atoms with Crippen molar-refractivity contribution in [2.75, 3.05) is 37.6 Å². The smallest absolute Gasteiger partial charge is 0.228 e. The number of piperazine rings is 1. The Morgan fingerprint density at radius 3 is 2.34 bits per heavy atom. The van der Waals surface area contributed by atoms with E-state index in [0.717, 1.165) is 25.3 Å². The maximum absolute atomic E-state index is 13.0. The molecule has 2 heterocycles. The first-order valence-corrected chi connectivity index (χ1v) is 9.99. The van der Waals surface area contributed by atoms with Crippen LogP contribution in [0.4, 0.5) is 5.69 Å². The van der Waals surface area contributed by atoms with E-state index in [1.165, 1.54) is 5.56 Å². The van der Waals surface area contributed by atoms with Crippen LogP contribution in [0.5, 0.6) is 0 Å². The molecule has 4 rings (SSSR count). The Morgan fingerprint density at radius 1 is 1.00 bits per heavy atom. The molecule has 6 nitrogen and oxygen atoms in total. The van der Waals surface area contributed by atoms with Gasteiger partial charge in [0.1, 0.15) is 0 Å². The zero-order valence-electron chi connectivity index (χ0n) is 16.3. The second-order valence-electron chi connectivity index (χ2n) is 7.65. The van der Waals surface area contributed by atoms with Crippen molar-refractivity contribution in [3.05, 3.63) is 65.7 Å². The molecule has 1 atom stereocenters. The van der Waals surface area contributed by atoms with E-state index in [9.17, 15) is 9.59 Å². The number of nitrogens with zero attached hydrogens (tertiary/aromatic N) is 4. The van der Waals surface area contributed by atoms with E-state index in [1.54, 1.807) is 29.2 Å². The fourth-order valence-corrected chi connectivity index (χ4v) is 4.06. The lowest BCUT2D eigenvalue weighted by Crippen LogP contribution is -2.50. The van der Waals surface area contributed by atoms with Gasteiger partial charge in [-0.05, 0) is 29.8 Å². The van der Waals surface area contributed by atoms with Crippen LogP contribution in [0.2, 0.25) is 0 Å². The molecule has 0 saturated carbocycles. The average Bonchev–Trinajstić information content (AvgIpc) is 3.16. The summed E-state index contributed by atoms with van der Waals surface area (Å²) in [5.74, 6) is -0.247. The van der Waals surface area contributed by atoms with E-state index < -0.39 is 0 Å². The second kappa shape index (κ2) is 8.46. The van der Waals surface area contributed by atoms with Crippen molar-refractivity contribution in [3.63, 3.8) is 0 Å². The molecule has 2 fully saturated rings. The minimum Gasteiger partial charge on any atom is -0.340 e. The molecule has 0 aliphatic carbocycles. The van der Waals surface area contributed by atoms with Crippen LogP contribution in [0.25, 0.3) is 0 Å². The van der Waals surface area contributed by atoms with Gasteiger partial charge in [0.2, 0.25) is 11.8 Å². The maximum Gasteiger partial charge on any atom is 0.228 e. The summed E-state index contributed by atoms with van der Waals surface area (Å²) in [5, 5.41) is 8.92. The molecule has 6 heteroatoms. The number of anilines is 1. The van der Waals surface area contributed by atoms with E-state index in [-0.39, 0.29) is 24.2 Å². The van der Waals surface area contributed by atoms with Gasteiger partial charge in [0.15, 0.2) is 0 Å². The molecule has 2 saturated heterocycles. The van der Waals surface area contributed by atoms with E-state index in [1.807, 2.05) is 23.1 Å². The minimum absolute atomic E-state index is 0.0317. The van der Waals surface area contributed by atoms with E-state index in [2.05, 4.69) is 23.1 Å². The second-order valence-corrected chi connectivity index (χ2v) is 7.65. The molecule has 0 radical (unpaired) electrons. The molecule has 29 heavy (non-hydrogen) atoms. The highest BCUT2D eigenvalue weighted by Crippen LogP contribution is 2.27. The molecule has 1 unspecified atom stereocenters. The zero-order valence-corrected chi connectivity index (χ0v) is 16.3. The van der Waals surface area contributed by atoms with E-state index in [0.29, 0.717) is 25.2 Å². The van der Waals surface area contributed by atoms with Crippen molar-refractivity contribution >= 4 is 17.5 Å². The third kappa shape index (κ3) is 4.30. The summed E-state index contributed by atoms with van der Waals surface area (Å²) in [7, 11) is 0. The van der Waals surface area contributed by atoms with Gasteiger partial charge in [0, 0.05) is 51.4 Å². The number of benzene rings is 2. The molecule has 2 aromatic rings. The first-order chi connectivity index (χ1) is 14.1. The molecule has 0 bridgehead atoms. The number of carbonyl (C=O) groups excluding carboxylic acids is 2. The molecule has 0 N–H and O–H groups in total. The lowest BCUT2D eigenvalue weighted by molar-refractivity contribution is -0.137. The molecule has 0 aromatic heterocycles. The molecule has 2 amide bonds. The molecule has 0 spiro atoms. The number of amides is 2. The van der Waals surface area contributed by atoms with Crippen molar-refractivity contribution in [2.45, 2.75) is 13.0 Å². The quantitative estimate of drug-likeness (QED) is 0.806. The normalized spacial score (nSPS) is 20.0. The predicted octanol–water partition coefficient (Wildman–Crippen LogP) is 2.26. The lowest BCUT2D eigenvalue weighted by Gasteiger charge is -2.36. The average molecular weight is 388 g/mol. The SMILES string of the molecule is N#Cc1ccc(N2CC(C(=O)N3CCN(Cc4ccccc4)CC3)CC2=O)cc1. The van der Waals surface area contributed by atoms with Crippen molar-refractivity contribution in [1.29, 1.82) is 5.26 Å². The number of hydrogen-bond donors (Lipinski definition) is 0. The van der Waals surface area contributed by atoms with Gasteiger partial charge < -0.3 is 9.80 Å². The van der Waals surface area contributed by atoms with E-state index in [4.69, 9.17) is 5.26 Å². The number of carbonyl (C=O) groups is 2. The summed E-state index contributed by atoms with van der Waals surface area (Å²) in [6.45, 7) is 4.41. The number of hydrogen-bond acceptors (Lipinski definition) is 4. The van der Waals surface area contributed by atoms with Crippen LogP contribution in [0.3, 0.4) is 0 Å². The fourth-order valence-electron chi connectivity index (χ4n) is 4.06. The van der Waals surface area contributed by atoms with Gasteiger partial charge in [-0.15, -0.1) is 0 Å². The standard InChI is InChI=1S/C23H24N4O2/c24-15-18-6-8-21(9-7-18)27-17-20(14-22(27)28)23(29)26-12-10-25(11-13-26)16-19-4-2-1-3-5-19/h1-9,20H,10-14,16-17H2. The first-order valence-electron chi connectivity index (χ1n) is 9.99. The molecular formula is C23H24N4O2. The Balaban J connectivity index is 1.32. The Kier molecular flexibility index (Phi) is 5.59. The Hall–Kier alpha value is -3.17. The van der Waals surface area contributed by atoms with Crippen LogP contribution in [-0.2, 0) is 16.1 Å². The summed E-state index contributed by atoms with van der Waals surface area (Å²) in [6, 6.07) is 19.4. The molecular weight excluding hydrogens is 364 g/mol. The molecule has 2 aliphatic heterocycles. The maximum atomic E-state index is 13.0. The summed E-state index contributed by atoms with van der Waals surface area (Å²) in [5.41, 5.74) is 2.59. The third-order valence-electron chi connectivity index (χ3n) is 5.72. The summed E-state index contributed by atoms with van der Waals surface area (Å²) < 4.78 is 0. The number of rotatable bonds is 4. The summed E-state index contributed by atoms with van der Waals surface area (Å²) in [6.07, 6.45) is 0.253. The summed E-state index contributed by atoms with van der Waals surface area (Å²) in [4.78, 5) is 31.4. The van der Waals surface area contributed by atoms with Gasteiger partial charge in [-0.2, -0.15) is 5.26 Å². The fraction of sp³-hybridized carbons (Fsp3) is 0.348. The highest BCUT2D eigenvalue weighted by Gasteiger charge is 2.37. The van der Waals surface area contributed by atoms with Gasteiger partial charge in [-0.3, -0.25) is 14.5 Å². The predicted molar refractivity (Wildman–Crippen MR) is 110 cm³/mol. The van der Waals surface area contributed by atoms with Gasteiger partial charge >= 0.3 is 0 Å². The van der Waals surface area contributed by atoms with Crippen molar-refractivity contribution in [3.8, 4) is 6.07 Å². The van der Waals surface area contributed by atoms with Gasteiger partial charge in [0.25, 0.3) is 0 Å². The van der Waals surface area contributed by atoms with Crippen LogP contribution < -0.4 is 4.90 Å². The van der Waals surface area contributed by atoms with Crippen LogP contribution in [0, 0.1) is 17.2 Å². The Labute approximate surface area is 170 Å². The number of nitriles is 1. The largest absolute Gasteiger partial charge is 0.340 e. The van der Waals surface area contributed by atoms with Crippen molar-refractivity contribution in [1.82, 2.24) is 9.80 Å². The third-order valence-corrected chi connectivity index (χ3v) is 5.72. The Bertz CT molecular complexity index is 912. The summed E-state index contributed by atoms with van der Waals surface area (Å²) >= 11 is 0. The first kappa shape index (κ1) is 19.2. The topological polar surface area (TPSA) is 67.7 Å². The molecule has 148 valence electrons. The van der Waals surface area contributed by atoms with E-state index >= 15 is 0 Å². The van der Waals surface area contributed by atoms with Crippen molar-refractivity contribution in [2.24, 2.45) is 5.92 Å². The Morgan fingerprint density at radius 2 is 1.69 bits per heavy atom. The van der Waals surface area contributed by atoms with Crippen molar-refractivity contribution < 1.29 is 9.59 Å². The van der Waals surface area contributed by atoms with Gasteiger partial charge in [-0.25, -0.2) is 0 Å². The zero-order chi connectivity index (χ0) is 20.2. The highest BCUT2D eigenvalue weighted by molar-refractivity contribution is 6.00. The highest BCUT2D eigenvalue weighted by atomic mass is 16.2. The molecule has 2 aromatic carbocycles. The van der Waals surface area contributed by atoms with Crippen LogP contribution in [0.15, 0.2) is 54.6 Å².